The highest BCUT2D eigenvalue weighted by Gasteiger charge is 2.38. The molecule has 206 valence electrons. The fourth-order valence-electron chi connectivity index (χ4n) is 5.03. The molecular weight excluding hydrogens is 502 g/mol. The van der Waals surface area contributed by atoms with Gasteiger partial charge in [-0.2, -0.15) is 0 Å². The van der Waals surface area contributed by atoms with Gasteiger partial charge in [0.15, 0.2) is 11.5 Å². The smallest absolute Gasteiger partial charge is 0.165 e. The summed E-state index contributed by atoms with van der Waals surface area (Å²) >= 11 is 0. The maximum atomic E-state index is 6.99. The molecule has 40 heavy (non-hydrogen) atoms. The highest BCUT2D eigenvalue weighted by Crippen LogP contribution is 2.41. The Bertz CT molecular complexity index is 1480. The summed E-state index contributed by atoms with van der Waals surface area (Å²) in [5.41, 5.74) is 9.69. The van der Waals surface area contributed by atoms with E-state index in [9.17, 15) is 0 Å². The van der Waals surface area contributed by atoms with Gasteiger partial charge in [0.05, 0.1) is 26.1 Å². The van der Waals surface area contributed by atoms with Gasteiger partial charge in [-0.25, -0.2) is 15.0 Å². The van der Waals surface area contributed by atoms with Gasteiger partial charge in [-0.15, -0.1) is 0 Å². The van der Waals surface area contributed by atoms with Crippen LogP contribution in [0, 0.1) is 0 Å². The fourth-order valence-corrected chi connectivity index (χ4v) is 5.03. The molecule has 8 nitrogen and oxygen atoms in total. The Kier molecular flexibility index (Phi) is 8.38. The van der Waals surface area contributed by atoms with Gasteiger partial charge < -0.3 is 24.5 Å². The summed E-state index contributed by atoms with van der Waals surface area (Å²) in [5, 5.41) is 0. The van der Waals surface area contributed by atoms with E-state index in [-0.39, 0.29) is 6.10 Å². The second kappa shape index (κ2) is 12.3. The predicted molar refractivity (Wildman–Crippen MR) is 156 cm³/mol. The third-order valence-corrected chi connectivity index (χ3v) is 7.22. The van der Waals surface area contributed by atoms with Gasteiger partial charge in [-0.05, 0) is 35.2 Å². The van der Waals surface area contributed by atoms with E-state index in [1.165, 1.54) is 0 Å². The van der Waals surface area contributed by atoms with Gasteiger partial charge in [-0.3, -0.25) is 0 Å². The number of nitrogens with zero attached hydrogens (tertiary/aromatic N) is 4. The standard InChI is InChI=1S/C32H35N5O3/c1-4-28-35-30(33)29-31(36-28)37(22-34-29)20-19-27(39-3)21-40-32(23-11-7-5-8-12-23,24-13-9-6-10-14-24)25-15-17-26(38-2)18-16-25/h5-18,22,27H,4,19-21H2,1-3H3,(H2,33,35,36). The third-order valence-electron chi connectivity index (χ3n) is 7.22. The average Bonchev–Trinajstić information content (AvgIpc) is 3.43. The molecule has 0 fully saturated rings. The number of aryl methyl sites for hydroxylation is 2. The molecule has 8 heteroatoms. The van der Waals surface area contributed by atoms with Crippen molar-refractivity contribution in [2.45, 2.75) is 38.0 Å². The molecule has 0 amide bonds. The number of fused-ring (bicyclic) bond motifs is 1. The molecule has 0 aliphatic carbocycles. The zero-order chi connectivity index (χ0) is 28.0. The van der Waals surface area contributed by atoms with Crippen LogP contribution in [0.4, 0.5) is 5.82 Å². The number of nitrogens with two attached hydrogens (primary N) is 1. The van der Waals surface area contributed by atoms with Crippen molar-refractivity contribution in [3.8, 4) is 5.75 Å². The molecule has 3 aromatic carbocycles. The number of hydrogen-bond donors (Lipinski definition) is 1. The first-order chi connectivity index (χ1) is 19.6. The summed E-state index contributed by atoms with van der Waals surface area (Å²) in [7, 11) is 3.39. The Morgan fingerprint density at radius 3 is 2.05 bits per heavy atom. The van der Waals surface area contributed by atoms with Crippen LogP contribution in [0.3, 0.4) is 0 Å². The third kappa shape index (κ3) is 5.41. The zero-order valence-corrected chi connectivity index (χ0v) is 23.2. The lowest BCUT2D eigenvalue weighted by molar-refractivity contribution is -0.0548. The van der Waals surface area contributed by atoms with Crippen molar-refractivity contribution >= 4 is 17.0 Å². The molecule has 0 aliphatic rings. The number of aromatic nitrogens is 4. The largest absolute Gasteiger partial charge is 0.497 e. The molecule has 5 aromatic rings. The minimum absolute atomic E-state index is 0.188. The topological polar surface area (TPSA) is 97.3 Å². The van der Waals surface area contributed by atoms with E-state index in [2.05, 4.69) is 51.4 Å². The van der Waals surface area contributed by atoms with Gasteiger partial charge in [0, 0.05) is 20.1 Å². The highest BCUT2D eigenvalue weighted by molar-refractivity contribution is 5.81. The molecule has 2 aromatic heterocycles. The Hall–Kier alpha value is -4.27. The van der Waals surface area contributed by atoms with Crippen molar-refractivity contribution in [3.63, 3.8) is 0 Å². The number of imidazole rings is 1. The molecule has 5 rings (SSSR count). The van der Waals surface area contributed by atoms with Crippen LogP contribution >= 0.6 is 0 Å². The number of methoxy groups -OCH3 is 2. The zero-order valence-electron chi connectivity index (χ0n) is 23.2. The first kappa shape index (κ1) is 27.3. The molecule has 1 unspecified atom stereocenters. The van der Waals surface area contributed by atoms with Gasteiger partial charge in [0.1, 0.15) is 22.7 Å². The van der Waals surface area contributed by atoms with Crippen molar-refractivity contribution in [2.75, 3.05) is 26.6 Å². The molecule has 1 atom stereocenters. The van der Waals surface area contributed by atoms with Crippen LogP contribution in [0.5, 0.6) is 5.75 Å². The van der Waals surface area contributed by atoms with Gasteiger partial charge >= 0.3 is 0 Å². The van der Waals surface area contributed by atoms with Crippen LogP contribution in [0.2, 0.25) is 0 Å². The van der Waals surface area contributed by atoms with E-state index in [1.54, 1.807) is 20.5 Å². The molecule has 0 aliphatic heterocycles. The SMILES string of the molecule is CCc1nc(N)c2ncn(CCC(COC(c3ccccc3)(c3ccccc3)c3ccc(OC)cc3)OC)c2n1. The van der Waals surface area contributed by atoms with Gasteiger partial charge in [-0.1, -0.05) is 79.7 Å². The minimum atomic E-state index is -0.856. The van der Waals surface area contributed by atoms with E-state index < -0.39 is 5.60 Å². The van der Waals surface area contributed by atoms with Crippen molar-refractivity contribution in [3.05, 3.63) is 114 Å². The number of ether oxygens (including phenoxy) is 3. The van der Waals surface area contributed by atoms with Crippen LogP contribution in [0.25, 0.3) is 11.2 Å². The maximum Gasteiger partial charge on any atom is 0.165 e. The van der Waals surface area contributed by atoms with Crippen molar-refractivity contribution in [1.82, 2.24) is 19.5 Å². The molecule has 0 saturated carbocycles. The number of anilines is 1. The molecular formula is C32H35N5O3. The molecule has 0 saturated heterocycles. The van der Waals surface area contributed by atoms with Crippen LogP contribution in [0.1, 0.15) is 35.9 Å². The summed E-state index contributed by atoms with van der Waals surface area (Å²) < 4.78 is 20.4. The quantitative estimate of drug-likeness (QED) is 0.213. The summed E-state index contributed by atoms with van der Waals surface area (Å²) in [6.07, 6.45) is 2.97. The molecule has 0 spiro atoms. The molecule has 2 N–H and O–H groups in total. The van der Waals surface area contributed by atoms with Crippen molar-refractivity contribution in [2.24, 2.45) is 0 Å². The second-order valence-electron chi connectivity index (χ2n) is 9.59. The Morgan fingerprint density at radius 1 is 0.850 bits per heavy atom. The normalized spacial score (nSPS) is 12.5. The lowest BCUT2D eigenvalue weighted by atomic mass is 9.80. The lowest BCUT2D eigenvalue weighted by Crippen LogP contribution is -2.36. The predicted octanol–water partition coefficient (Wildman–Crippen LogP) is 5.39. The fraction of sp³-hybridized carbons (Fsp3) is 0.281. The number of benzene rings is 3. The van der Waals surface area contributed by atoms with E-state index in [1.807, 2.05) is 60.0 Å². The Morgan fingerprint density at radius 2 is 1.48 bits per heavy atom. The average molecular weight is 538 g/mol. The van der Waals surface area contributed by atoms with E-state index in [0.29, 0.717) is 43.2 Å². The van der Waals surface area contributed by atoms with E-state index >= 15 is 0 Å². The number of hydrogen-bond acceptors (Lipinski definition) is 7. The van der Waals surface area contributed by atoms with Crippen LogP contribution in [0.15, 0.2) is 91.3 Å². The summed E-state index contributed by atoms with van der Waals surface area (Å²) in [6.45, 7) is 3.01. The highest BCUT2D eigenvalue weighted by atomic mass is 16.5. The Balaban J connectivity index is 1.46. The summed E-state index contributed by atoms with van der Waals surface area (Å²) in [5.74, 6) is 1.90. The summed E-state index contributed by atoms with van der Waals surface area (Å²) in [6, 6.07) is 28.7. The van der Waals surface area contributed by atoms with Gasteiger partial charge in [0.25, 0.3) is 0 Å². The van der Waals surface area contributed by atoms with E-state index in [4.69, 9.17) is 19.9 Å². The van der Waals surface area contributed by atoms with Crippen LogP contribution in [-0.2, 0) is 28.0 Å². The monoisotopic (exact) mass is 537 g/mol. The van der Waals surface area contributed by atoms with Crippen molar-refractivity contribution in [1.29, 1.82) is 0 Å². The number of nitrogen functional groups attached to an aromatic ring is 1. The van der Waals surface area contributed by atoms with Crippen LogP contribution in [-0.4, -0.2) is 46.4 Å². The Labute approximate surface area is 234 Å². The van der Waals surface area contributed by atoms with E-state index in [0.717, 1.165) is 28.1 Å². The van der Waals surface area contributed by atoms with Crippen molar-refractivity contribution < 1.29 is 14.2 Å². The second-order valence-corrected chi connectivity index (χ2v) is 9.59. The number of rotatable bonds is 12. The first-order valence-electron chi connectivity index (χ1n) is 13.5. The first-order valence-corrected chi connectivity index (χ1v) is 13.5. The van der Waals surface area contributed by atoms with Crippen LogP contribution < -0.4 is 10.5 Å². The maximum absolute atomic E-state index is 6.99. The molecule has 0 bridgehead atoms. The molecule has 0 radical (unpaired) electrons. The minimum Gasteiger partial charge on any atom is -0.497 e. The molecule has 2 heterocycles. The van der Waals surface area contributed by atoms with Gasteiger partial charge in [0.2, 0.25) is 0 Å². The summed E-state index contributed by atoms with van der Waals surface area (Å²) in [4.78, 5) is 13.4. The lowest BCUT2D eigenvalue weighted by Gasteiger charge is -2.37.